The first-order valence-electron chi connectivity index (χ1n) is 9.01. The van der Waals surface area contributed by atoms with E-state index in [0.29, 0.717) is 6.54 Å². The molecular weight excluding hydrogens is 300 g/mol. The molecule has 2 amide bonds. The van der Waals surface area contributed by atoms with Gasteiger partial charge in [-0.05, 0) is 24.8 Å². The second-order valence-electron chi connectivity index (χ2n) is 6.72. The van der Waals surface area contributed by atoms with Gasteiger partial charge in [0.2, 0.25) is 11.8 Å². The van der Waals surface area contributed by atoms with Gasteiger partial charge in [-0.25, -0.2) is 0 Å². The van der Waals surface area contributed by atoms with Crippen molar-refractivity contribution in [2.24, 2.45) is 5.92 Å². The highest BCUT2D eigenvalue weighted by Crippen LogP contribution is 2.38. The van der Waals surface area contributed by atoms with E-state index in [1.54, 1.807) is 0 Å². The van der Waals surface area contributed by atoms with E-state index in [0.717, 1.165) is 37.7 Å². The van der Waals surface area contributed by atoms with Crippen LogP contribution in [0, 0.1) is 5.92 Å². The summed E-state index contributed by atoms with van der Waals surface area (Å²) in [5.74, 6) is 0.232. The lowest BCUT2D eigenvalue weighted by Crippen LogP contribution is -2.67. The molecule has 3 rings (SSSR count). The number of β-lactam (4-membered cyclic amide) rings is 1. The average molecular weight is 326 g/mol. The first kappa shape index (κ1) is 16.7. The molecule has 1 N–H and O–H groups in total. The van der Waals surface area contributed by atoms with E-state index in [1.165, 1.54) is 0 Å². The SMILES string of the molecule is CCCCC(C(=O)NCc1ccccc1)N1C(=O)C2CC=CCC21. The molecule has 2 aliphatic rings. The maximum absolute atomic E-state index is 12.8. The van der Waals surface area contributed by atoms with Crippen molar-refractivity contribution < 1.29 is 9.59 Å². The van der Waals surface area contributed by atoms with Crippen LogP contribution >= 0.6 is 0 Å². The summed E-state index contributed by atoms with van der Waals surface area (Å²) in [7, 11) is 0. The molecule has 3 atom stereocenters. The van der Waals surface area contributed by atoms with Crippen LogP contribution in [0.4, 0.5) is 0 Å². The third-order valence-corrected chi connectivity index (χ3v) is 5.11. The molecule has 1 fully saturated rings. The van der Waals surface area contributed by atoms with Gasteiger partial charge in [0.25, 0.3) is 0 Å². The van der Waals surface area contributed by atoms with E-state index in [2.05, 4.69) is 24.4 Å². The maximum Gasteiger partial charge on any atom is 0.243 e. The first-order valence-corrected chi connectivity index (χ1v) is 9.01. The number of carbonyl (C=O) groups excluding carboxylic acids is 2. The number of allylic oxidation sites excluding steroid dienone is 1. The average Bonchev–Trinajstić information content (AvgIpc) is 2.63. The van der Waals surface area contributed by atoms with Crippen molar-refractivity contribution in [3.05, 3.63) is 48.0 Å². The van der Waals surface area contributed by atoms with E-state index in [9.17, 15) is 9.59 Å². The largest absolute Gasteiger partial charge is 0.350 e. The number of amides is 2. The summed E-state index contributed by atoms with van der Waals surface area (Å²) in [6.07, 6.45) is 8.66. The molecule has 1 aromatic carbocycles. The topological polar surface area (TPSA) is 49.4 Å². The number of hydrogen-bond acceptors (Lipinski definition) is 2. The standard InChI is InChI=1S/C20H26N2O2/c1-2-3-12-18(19(23)21-14-15-9-5-4-6-10-15)22-17-13-8-7-11-16(17)20(22)24/h4-10,16-18H,2-3,11-14H2,1H3,(H,21,23). The molecule has 1 saturated heterocycles. The van der Waals surface area contributed by atoms with Crippen molar-refractivity contribution in [2.45, 2.75) is 57.7 Å². The van der Waals surface area contributed by atoms with Gasteiger partial charge in [0, 0.05) is 12.6 Å². The van der Waals surface area contributed by atoms with Gasteiger partial charge in [-0.3, -0.25) is 9.59 Å². The molecule has 0 radical (unpaired) electrons. The van der Waals surface area contributed by atoms with E-state index in [4.69, 9.17) is 0 Å². The van der Waals surface area contributed by atoms with Gasteiger partial charge >= 0.3 is 0 Å². The molecule has 4 nitrogen and oxygen atoms in total. The van der Waals surface area contributed by atoms with Crippen molar-refractivity contribution >= 4 is 11.8 Å². The lowest BCUT2D eigenvalue weighted by molar-refractivity contribution is -0.165. The molecule has 3 unspecified atom stereocenters. The summed E-state index contributed by atoms with van der Waals surface area (Å²) in [4.78, 5) is 27.1. The van der Waals surface area contributed by atoms with Crippen LogP contribution in [0.2, 0.25) is 0 Å². The van der Waals surface area contributed by atoms with Gasteiger partial charge in [0.1, 0.15) is 6.04 Å². The monoisotopic (exact) mass is 326 g/mol. The molecule has 0 bridgehead atoms. The molecule has 4 heteroatoms. The Morgan fingerprint density at radius 1 is 1.25 bits per heavy atom. The molecule has 0 aromatic heterocycles. The second kappa shape index (κ2) is 7.65. The van der Waals surface area contributed by atoms with Crippen LogP contribution in [0.25, 0.3) is 0 Å². The van der Waals surface area contributed by atoms with Gasteiger partial charge in [-0.2, -0.15) is 0 Å². The van der Waals surface area contributed by atoms with E-state index >= 15 is 0 Å². The number of benzene rings is 1. The third-order valence-electron chi connectivity index (χ3n) is 5.11. The van der Waals surface area contributed by atoms with Crippen molar-refractivity contribution in [2.75, 3.05) is 0 Å². The summed E-state index contributed by atoms with van der Waals surface area (Å²) < 4.78 is 0. The highest BCUT2D eigenvalue weighted by Gasteiger charge is 2.51. The summed E-state index contributed by atoms with van der Waals surface area (Å²) in [5.41, 5.74) is 1.08. The number of nitrogens with zero attached hydrogens (tertiary/aromatic N) is 1. The van der Waals surface area contributed by atoms with Crippen molar-refractivity contribution in [3.8, 4) is 0 Å². The van der Waals surface area contributed by atoms with Gasteiger partial charge in [0.05, 0.1) is 5.92 Å². The smallest absolute Gasteiger partial charge is 0.243 e. The number of unbranched alkanes of at least 4 members (excludes halogenated alkanes) is 1. The van der Waals surface area contributed by atoms with Crippen molar-refractivity contribution in [3.63, 3.8) is 0 Å². The molecule has 0 spiro atoms. The molecule has 128 valence electrons. The number of rotatable bonds is 7. The molecule has 24 heavy (non-hydrogen) atoms. The number of hydrogen-bond donors (Lipinski definition) is 1. The third kappa shape index (κ3) is 3.37. The number of carbonyl (C=O) groups is 2. The van der Waals surface area contributed by atoms with Crippen molar-refractivity contribution in [1.82, 2.24) is 10.2 Å². The highest BCUT2D eigenvalue weighted by molar-refractivity contribution is 5.93. The maximum atomic E-state index is 12.8. The molecular formula is C20H26N2O2. The van der Waals surface area contributed by atoms with Crippen LogP contribution in [-0.2, 0) is 16.1 Å². The van der Waals surface area contributed by atoms with Crippen LogP contribution < -0.4 is 5.32 Å². The van der Waals surface area contributed by atoms with E-state index in [-0.39, 0.29) is 29.8 Å². The number of fused-ring (bicyclic) bond motifs is 1. The summed E-state index contributed by atoms with van der Waals surface area (Å²) >= 11 is 0. The predicted molar refractivity (Wildman–Crippen MR) is 94.1 cm³/mol. The van der Waals surface area contributed by atoms with Crippen LogP contribution in [0.15, 0.2) is 42.5 Å². The van der Waals surface area contributed by atoms with Gasteiger partial charge in [0.15, 0.2) is 0 Å². The van der Waals surface area contributed by atoms with Crippen LogP contribution in [-0.4, -0.2) is 28.8 Å². The summed E-state index contributed by atoms with van der Waals surface area (Å²) in [6.45, 7) is 2.63. The Hall–Kier alpha value is -2.10. The number of nitrogens with one attached hydrogen (secondary N) is 1. The zero-order chi connectivity index (χ0) is 16.9. The van der Waals surface area contributed by atoms with Gasteiger partial charge < -0.3 is 10.2 Å². The molecule has 1 heterocycles. The molecule has 1 aliphatic carbocycles. The normalized spacial score (nSPS) is 23.4. The van der Waals surface area contributed by atoms with Crippen LogP contribution in [0.3, 0.4) is 0 Å². The minimum Gasteiger partial charge on any atom is -0.350 e. The fraction of sp³-hybridized carbons (Fsp3) is 0.500. The number of likely N-dealkylation sites (tertiary alicyclic amines) is 1. The Kier molecular flexibility index (Phi) is 5.34. The molecule has 1 aromatic rings. The quantitative estimate of drug-likeness (QED) is 0.618. The minimum atomic E-state index is -0.325. The Balaban J connectivity index is 1.66. The summed E-state index contributed by atoms with van der Waals surface area (Å²) in [5, 5.41) is 3.02. The zero-order valence-electron chi connectivity index (χ0n) is 14.3. The van der Waals surface area contributed by atoms with Crippen molar-refractivity contribution in [1.29, 1.82) is 0 Å². The van der Waals surface area contributed by atoms with Gasteiger partial charge in [-0.15, -0.1) is 0 Å². The lowest BCUT2D eigenvalue weighted by atomic mass is 9.77. The Bertz CT molecular complexity index is 611. The molecule has 1 aliphatic heterocycles. The first-order chi connectivity index (χ1) is 11.7. The fourth-order valence-electron chi connectivity index (χ4n) is 3.73. The Morgan fingerprint density at radius 2 is 2.00 bits per heavy atom. The van der Waals surface area contributed by atoms with E-state index in [1.807, 2.05) is 35.2 Å². The van der Waals surface area contributed by atoms with Gasteiger partial charge in [-0.1, -0.05) is 62.2 Å². The van der Waals surface area contributed by atoms with Crippen LogP contribution in [0.1, 0.15) is 44.6 Å². The predicted octanol–water partition coefficient (Wildman–Crippen LogP) is 3.04. The van der Waals surface area contributed by atoms with E-state index < -0.39 is 0 Å². The Labute approximate surface area is 143 Å². The minimum absolute atomic E-state index is 0.0198. The lowest BCUT2D eigenvalue weighted by Gasteiger charge is -2.51. The molecule has 0 saturated carbocycles. The highest BCUT2D eigenvalue weighted by atomic mass is 16.2. The second-order valence-corrected chi connectivity index (χ2v) is 6.72. The Morgan fingerprint density at radius 3 is 2.75 bits per heavy atom. The summed E-state index contributed by atoms with van der Waals surface area (Å²) in [6, 6.07) is 9.78. The zero-order valence-corrected chi connectivity index (χ0v) is 14.3. The fourth-order valence-corrected chi connectivity index (χ4v) is 3.73. The van der Waals surface area contributed by atoms with Crippen LogP contribution in [0.5, 0.6) is 0 Å².